The molecule has 0 unspecified atom stereocenters. The summed E-state index contributed by atoms with van der Waals surface area (Å²) in [5, 5.41) is 39.6. The van der Waals surface area contributed by atoms with Gasteiger partial charge >= 0.3 is 11.9 Å². The standard InChI is InChI=1S/C4H4O4.2H2O2/c5-3(6)1-2-4(7)8;2*1-2/h1-2H,(H,5,6)(H,7,8);2*1-2H/b2-1-;;. The summed E-state index contributed by atoms with van der Waals surface area (Å²) in [7, 11) is 0. The smallest absolute Gasteiger partial charge is 0.328 e. The van der Waals surface area contributed by atoms with E-state index >= 15 is 0 Å². The molecule has 0 aromatic rings. The van der Waals surface area contributed by atoms with Crippen molar-refractivity contribution in [3.8, 4) is 0 Å². The number of hydrogen-bond acceptors (Lipinski definition) is 6. The minimum absolute atomic E-state index is 0.558. The molecule has 0 bridgehead atoms. The lowest BCUT2D eigenvalue weighted by Crippen LogP contribution is -1.91. The average Bonchev–Trinajstić information content (AvgIpc) is 2.08. The van der Waals surface area contributed by atoms with Crippen molar-refractivity contribution in [3.63, 3.8) is 0 Å². The Labute approximate surface area is 66.1 Å². The van der Waals surface area contributed by atoms with Crippen LogP contribution in [0, 0.1) is 0 Å². The highest BCUT2D eigenvalue weighted by molar-refractivity contribution is 5.89. The molecule has 0 radical (unpaired) electrons. The average molecular weight is 184 g/mol. The van der Waals surface area contributed by atoms with Crippen molar-refractivity contribution in [1.29, 1.82) is 0 Å². The number of carboxylic acid groups (broad SMARTS) is 2. The first-order valence-corrected chi connectivity index (χ1v) is 2.17. The van der Waals surface area contributed by atoms with Gasteiger partial charge in [-0.15, -0.1) is 0 Å². The Morgan fingerprint density at radius 3 is 1.00 bits per heavy atom. The van der Waals surface area contributed by atoms with Crippen molar-refractivity contribution < 1.29 is 40.8 Å². The van der Waals surface area contributed by atoms with Gasteiger partial charge in [-0.3, -0.25) is 21.0 Å². The van der Waals surface area contributed by atoms with E-state index in [9.17, 15) is 9.59 Å². The Morgan fingerprint density at radius 1 is 0.750 bits per heavy atom. The van der Waals surface area contributed by atoms with Crippen molar-refractivity contribution in [1.82, 2.24) is 0 Å². The highest BCUT2D eigenvalue weighted by Crippen LogP contribution is 1.70. The normalized spacial score (nSPS) is 7.33. The molecule has 0 aliphatic heterocycles. The summed E-state index contributed by atoms with van der Waals surface area (Å²) in [6, 6.07) is 0. The summed E-state index contributed by atoms with van der Waals surface area (Å²) < 4.78 is 0. The summed E-state index contributed by atoms with van der Waals surface area (Å²) in [5.74, 6) is -2.51. The number of carboxylic acids is 2. The monoisotopic (exact) mass is 184 g/mol. The summed E-state index contributed by atoms with van der Waals surface area (Å²) in [6.45, 7) is 0. The first-order chi connectivity index (χ1) is 5.63. The zero-order valence-corrected chi connectivity index (χ0v) is 5.65. The van der Waals surface area contributed by atoms with Crippen LogP contribution in [0.15, 0.2) is 12.2 Å². The van der Waals surface area contributed by atoms with Crippen LogP contribution in [-0.4, -0.2) is 43.2 Å². The molecular weight excluding hydrogens is 176 g/mol. The van der Waals surface area contributed by atoms with Gasteiger partial charge in [0.15, 0.2) is 0 Å². The lowest BCUT2D eigenvalue weighted by atomic mass is 10.5. The van der Waals surface area contributed by atoms with E-state index in [2.05, 4.69) is 0 Å². The molecule has 0 amide bonds. The van der Waals surface area contributed by atoms with Gasteiger partial charge in [-0.1, -0.05) is 0 Å². The van der Waals surface area contributed by atoms with Crippen LogP contribution in [-0.2, 0) is 9.59 Å². The molecule has 0 aliphatic rings. The van der Waals surface area contributed by atoms with E-state index in [-0.39, 0.29) is 0 Å². The number of hydrogen-bond donors (Lipinski definition) is 6. The molecule has 0 heterocycles. The Kier molecular flexibility index (Phi) is 22.8. The van der Waals surface area contributed by atoms with Crippen molar-refractivity contribution >= 4 is 11.9 Å². The van der Waals surface area contributed by atoms with Crippen LogP contribution in [0.4, 0.5) is 0 Å². The van der Waals surface area contributed by atoms with Crippen molar-refractivity contribution in [2.24, 2.45) is 0 Å². The Morgan fingerprint density at radius 2 is 0.917 bits per heavy atom. The van der Waals surface area contributed by atoms with E-state index in [1.807, 2.05) is 0 Å². The molecule has 8 nitrogen and oxygen atoms in total. The molecule has 0 atom stereocenters. The largest absolute Gasteiger partial charge is 0.478 e. The van der Waals surface area contributed by atoms with Gasteiger partial charge in [0.2, 0.25) is 0 Å². The van der Waals surface area contributed by atoms with Gasteiger partial charge in [0, 0.05) is 12.2 Å². The Bertz CT molecular complexity index is 122. The number of carbonyl (C=O) groups is 2. The van der Waals surface area contributed by atoms with Crippen molar-refractivity contribution in [2.45, 2.75) is 0 Å². The first-order valence-electron chi connectivity index (χ1n) is 2.17. The Balaban J connectivity index is -0.000000175. The second kappa shape index (κ2) is 16.3. The fraction of sp³-hybridized carbons (Fsp3) is 0. The third-order valence-electron chi connectivity index (χ3n) is 0.368. The van der Waals surface area contributed by atoms with E-state index in [4.69, 9.17) is 31.2 Å². The lowest BCUT2D eigenvalue weighted by Gasteiger charge is -1.74. The van der Waals surface area contributed by atoms with E-state index in [1.165, 1.54) is 0 Å². The van der Waals surface area contributed by atoms with Crippen LogP contribution in [0.5, 0.6) is 0 Å². The van der Waals surface area contributed by atoms with E-state index < -0.39 is 11.9 Å². The van der Waals surface area contributed by atoms with Gasteiger partial charge in [0.25, 0.3) is 0 Å². The number of aliphatic carboxylic acids is 2. The fourth-order valence-electron chi connectivity index (χ4n) is 0.143. The predicted octanol–water partition coefficient (Wildman–Crippen LogP) is -0.253. The molecule has 8 heteroatoms. The molecule has 0 aromatic carbocycles. The van der Waals surface area contributed by atoms with E-state index in [0.29, 0.717) is 12.2 Å². The highest BCUT2D eigenvalue weighted by atomic mass is 17.0. The van der Waals surface area contributed by atoms with Crippen molar-refractivity contribution in [2.75, 3.05) is 0 Å². The maximum Gasteiger partial charge on any atom is 0.328 e. The molecule has 0 saturated carbocycles. The summed E-state index contributed by atoms with van der Waals surface area (Å²) in [5.41, 5.74) is 0. The van der Waals surface area contributed by atoms with Crippen LogP contribution < -0.4 is 0 Å². The van der Waals surface area contributed by atoms with E-state index in [0.717, 1.165) is 0 Å². The van der Waals surface area contributed by atoms with E-state index in [1.54, 1.807) is 0 Å². The molecule has 0 spiro atoms. The van der Waals surface area contributed by atoms with Gasteiger partial charge in [-0.25, -0.2) is 9.59 Å². The minimum Gasteiger partial charge on any atom is -0.478 e. The molecule has 0 saturated heterocycles. The van der Waals surface area contributed by atoms with Crippen LogP contribution in [0.3, 0.4) is 0 Å². The molecule has 72 valence electrons. The second-order valence-corrected chi connectivity index (χ2v) is 1.01. The van der Waals surface area contributed by atoms with Crippen LogP contribution in [0.1, 0.15) is 0 Å². The van der Waals surface area contributed by atoms with Crippen LogP contribution >= 0.6 is 0 Å². The van der Waals surface area contributed by atoms with Gasteiger partial charge in [-0.05, 0) is 0 Å². The first kappa shape index (κ1) is 16.9. The van der Waals surface area contributed by atoms with Gasteiger partial charge in [0.05, 0.1) is 0 Å². The van der Waals surface area contributed by atoms with Gasteiger partial charge < -0.3 is 10.2 Å². The molecule has 6 N–H and O–H groups in total. The Hall–Kier alpha value is -1.48. The topological polar surface area (TPSA) is 156 Å². The summed E-state index contributed by atoms with van der Waals surface area (Å²) in [4.78, 5) is 19.1. The molecule has 12 heavy (non-hydrogen) atoms. The highest BCUT2D eigenvalue weighted by Gasteiger charge is 1.88. The molecule has 0 aliphatic carbocycles. The molecule has 0 aromatic heterocycles. The van der Waals surface area contributed by atoms with Crippen LogP contribution in [0.2, 0.25) is 0 Å². The quantitative estimate of drug-likeness (QED) is 0.195. The predicted molar refractivity (Wildman–Crippen MR) is 34.9 cm³/mol. The molecular formula is C4H8O8. The minimum atomic E-state index is -1.26. The second-order valence-electron chi connectivity index (χ2n) is 1.01. The SMILES string of the molecule is O=C(O)/C=C\C(=O)O.OO.OO. The third kappa shape index (κ3) is 38.9. The van der Waals surface area contributed by atoms with Crippen LogP contribution in [0.25, 0.3) is 0 Å². The maximum atomic E-state index is 9.55. The van der Waals surface area contributed by atoms with Crippen molar-refractivity contribution in [3.05, 3.63) is 12.2 Å². The zero-order chi connectivity index (χ0) is 10.6. The summed E-state index contributed by atoms with van der Waals surface area (Å²) >= 11 is 0. The van der Waals surface area contributed by atoms with Gasteiger partial charge in [0.1, 0.15) is 0 Å². The fourth-order valence-corrected chi connectivity index (χ4v) is 0.143. The lowest BCUT2D eigenvalue weighted by molar-refractivity contribution is -0.176. The maximum absolute atomic E-state index is 9.55. The van der Waals surface area contributed by atoms with Gasteiger partial charge in [-0.2, -0.15) is 0 Å². The summed E-state index contributed by atoms with van der Waals surface area (Å²) in [6.07, 6.45) is 1.12. The molecule has 0 fully saturated rings. The third-order valence-corrected chi connectivity index (χ3v) is 0.368. The molecule has 0 rings (SSSR count). The number of rotatable bonds is 2. The zero-order valence-electron chi connectivity index (χ0n) is 5.65.